The molecule has 4 nitrogen and oxygen atoms in total. The average molecular weight is 306 g/mol. The summed E-state index contributed by atoms with van der Waals surface area (Å²) in [6.45, 7) is 3.77. The Hall–Kier alpha value is -1.14. The molecule has 0 spiro atoms. The number of rotatable bonds is 4. The van der Waals surface area contributed by atoms with Crippen LogP contribution >= 0.6 is 23.5 Å². The maximum absolute atomic E-state index is 4.42. The van der Waals surface area contributed by atoms with Crippen molar-refractivity contribution in [2.45, 2.75) is 11.5 Å². The Morgan fingerprint density at radius 2 is 1.35 bits per heavy atom. The molecule has 1 aromatic carbocycles. The molecule has 2 N–H and O–H groups in total. The lowest BCUT2D eigenvalue weighted by atomic mass is 10.1. The minimum atomic E-state index is 0.908. The molecule has 0 bridgehead atoms. The number of benzene rings is 1. The number of nitrogens with one attached hydrogen (secondary N) is 2. The normalized spacial score (nSPS) is 17.4. The van der Waals surface area contributed by atoms with Gasteiger partial charge in [-0.05, 0) is 11.1 Å². The molecule has 6 heteroatoms. The first-order valence-corrected chi connectivity index (χ1v) is 8.78. The van der Waals surface area contributed by atoms with Crippen LogP contribution in [-0.2, 0) is 11.5 Å². The average Bonchev–Trinajstić information content (AvgIpc) is 3.17. The van der Waals surface area contributed by atoms with Gasteiger partial charge in [0.25, 0.3) is 0 Å². The van der Waals surface area contributed by atoms with Crippen molar-refractivity contribution in [1.82, 2.24) is 10.6 Å². The Bertz CT molecular complexity index is 481. The van der Waals surface area contributed by atoms with E-state index in [4.69, 9.17) is 0 Å². The first-order valence-electron chi connectivity index (χ1n) is 6.81. The van der Waals surface area contributed by atoms with Gasteiger partial charge in [0.05, 0.1) is 13.1 Å². The van der Waals surface area contributed by atoms with E-state index in [0.717, 1.165) is 48.0 Å². The molecular weight excluding hydrogens is 288 g/mol. The van der Waals surface area contributed by atoms with Crippen LogP contribution in [-0.4, -0.2) is 36.5 Å². The van der Waals surface area contributed by atoms with E-state index in [-0.39, 0.29) is 0 Å². The fourth-order valence-corrected chi connectivity index (χ4v) is 4.00. The topological polar surface area (TPSA) is 48.8 Å². The van der Waals surface area contributed by atoms with E-state index < -0.39 is 0 Å². The molecule has 0 atom stereocenters. The summed E-state index contributed by atoms with van der Waals surface area (Å²) in [6, 6.07) is 8.64. The molecule has 0 amide bonds. The van der Waals surface area contributed by atoms with Gasteiger partial charge in [-0.15, -0.1) is 0 Å². The summed E-state index contributed by atoms with van der Waals surface area (Å²) >= 11 is 3.59. The molecule has 0 aliphatic carbocycles. The second-order valence-electron chi connectivity index (χ2n) is 4.57. The Morgan fingerprint density at radius 1 is 0.850 bits per heavy atom. The Kier molecular flexibility index (Phi) is 4.86. The zero-order valence-corrected chi connectivity index (χ0v) is 12.9. The summed E-state index contributed by atoms with van der Waals surface area (Å²) in [5.41, 5.74) is 2.78. The molecule has 20 heavy (non-hydrogen) atoms. The number of thioether (sulfide) groups is 2. The van der Waals surface area contributed by atoms with Crippen LogP contribution in [0.25, 0.3) is 0 Å². The van der Waals surface area contributed by atoms with Gasteiger partial charge < -0.3 is 10.6 Å². The highest BCUT2D eigenvalue weighted by atomic mass is 32.2. The quantitative estimate of drug-likeness (QED) is 0.894. The maximum Gasteiger partial charge on any atom is 0.157 e. The highest BCUT2D eigenvalue weighted by Crippen LogP contribution is 2.22. The van der Waals surface area contributed by atoms with E-state index in [2.05, 4.69) is 44.9 Å². The van der Waals surface area contributed by atoms with E-state index in [1.807, 2.05) is 0 Å². The fraction of sp³-hybridized carbons (Fsp3) is 0.429. The lowest BCUT2D eigenvalue weighted by molar-refractivity contribution is 0.963. The van der Waals surface area contributed by atoms with Gasteiger partial charge in [-0.2, -0.15) is 0 Å². The van der Waals surface area contributed by atoms with Crippen molar-refractivity contribution in [3.63, 3.8) is 0 Å². The van der Waals surface area contributed by atoms with Crippen molar-refractivity contribution < 1.29 is 0 Å². The van der Waals surface area contributed by atoms with Gasteiger partial charge in [-0.25, -0.2) is 0 Å². The first kappa shape index (κ1) is 13.8. The summed E-state index contributed by atoms with van der Waals surface area (Å²) < 4.78 is 0. The summed E-state index contributed by atoms with van der Waals surface area (Å²) in [5, 5.41) is 8.76. The van der Waals surface area contributed by atoms with Crippen molar-refractivity contribution in [3.8, 4) is 0 Å². The number of amidine groups is 2. The van der Waals surface area contributed by atoms with Crippen LogP contribution in [0.5, 0.6) is 0 Å². The van der Waals surface area contributed by atoms with Crippen LogP contribution in [0, 0.1) is 0 Å². The van der Waals surface area contributed by atoms with Crippen LogP contribution < -0.4 is 10.6 Å². The molecule has 2 aliphatic rings. The van der Waals surface area contributed by atoms with Crippen LogP contribution in [0.15, 0.2) is 34.3 Å². The summed E-state index contributed by atoms with van der Waals surface area (Å²) in [5.74, 6) is 1.95. The standard InChI is InChI=1S/C14H18N4S2/c1-2-4-12(10-20-14-17-7-8-18-14)11(3-1)9-19-13-15-5-6-16-13/h1-4H,5-10H2,(H,15,16)(H,17,18). The molecule has 106 valence electrons. The van der Waals surface area contributed by atoms with Gasteiger partial charge in [0, 0.05) is 24.6 Å². The number of aliphatic imine (C=N–C) groups is 2. The molecular formula is C14H18N4S2. The number of nitrogens with zero attached hydrogens (tertiary/aromatic N) is 2. The van der Waals surface area contributed by atoms with E-state index in [0.29, 0.717) is 0 Å². The fourth-order valence-electron chi connectivity index (χ4n) is 2.08. The zero-order valence-electron chi connectivity index (χ0n) is 11.3. The lowest BCUT2D eigenvalue weighted by Crippen LogP contribution is -2.15. The first-order chi connectivity index (χ1) is 9.92. The molecule has 0 aromatic heterocycles. The largest absolute Gasteiger partial charge is 0.363 e. The maximum atomic E-state index is 4.42. The van der Waals surface area contributed by atoms with Crippen molar-refractivity contribution >= 4 is 33.9 Å². The van der Waals surface area contributed by atoms with E-state index >= 15 is 0 Å². The van der Waals surface area contributed by atoms with Crippen molar-refractivity contribution in [3.05, 3.63) is 35.4 Å². The predicted molar refractivity (Wildman–Crippen MR) is 89.6 cm³/mol. The molecule has 0 radical (unpaired) electrons. The highest BCUT2D eigenvalue weighted by molar-refractivity contribution is 8.13. The summed E-state index contributed by atoms with van der Waals surface area (Å²) in [4.78, 5) is 8.85. The predicted octanol–water partition coefficient (Wildman–Crippen LogP) is 2.07. The van der Waals surface area contributed by atoms with E-state index in [1.54, 1.807) is 23.5 Å². The van der Waals surface area contributed by atoms with Gasteiger partial charge in [0.2, 0.25) is 0 Å². The number of hydrogen-bond donors (Lipinski definition) is 2. The SMILES string of the molecule is c1ccc(CSC2=NCCN2)c(CSC2=NCCN2)c1. The number of hydrogen-bond acceptors (Lipinski definition) is 6. The highest BCUT2D eigenvalue weighted by Gasteiger charge is 2.10. The molecule has 0 saturated carbocycles. The third-order valence-corrected chi connectivity index (χ3v) is 5.14. The lowest BCUT2D eigenvalue weighted by Gasteiger charge is -2.09. The Morgan fingerprint density at radius 3 is 1.75 bits per heavy atom. The minimum Gasteiger partial charge on any atom is -0.363 e. The van der Waals surface area contributed by atoms with Crippen LogP contribution in [0.3, 0.4) is 0 Å². The van der Waals surface area contributed by atoms with Gasteiger partial charge in [-0.3, -0.25) is 9.98 Å². The summed E-state index contributed by atoms with van der Waals surface area (Å²) in [7, 11) is 0. The second-order valence-corrected chi connectivity index (χ2v) is 6.50. The monoisotopic (exact) mass is 306 g/mol. The van der Waals surface area contributed by atoms with Crippen LogP contribution in [0.2, 0.25) is 0 Å². The van der Waals surface area contributed by atoms with Gasteiger partial charge in [0.1, 0.15) is 0 Å². The molecule has 1 aromatic rings. The smallest absolute Gasteiger partial charge is 0.157 e. The van der Waals surface area contributed by atoms with Crippen molar-refractivity contribution in [2.24, 2.45) is 9.98 Å². The molecule has 2 aliphatic heterocycles. The molecule has 3 rings (SSSR count). The van der Waals surface area contributed by atoms with E-state index in [9.17, 15) is 0 Å². The summed E-state index contributed by atoms with van der Waals surface area (Å²) in [6.07, 6.45) is 0. The van der Waals surface area contributed by atoms with Gasteiger partial charge >= 0.3 is 0 Å². The minimum absolute atomic E-state index is 0.908. The van der Waals surface area contributed by atoms with Crippen LogP contribution in [0.4, 0.5) is 0 Å². The van der Waals surface area contributed by atoms with Gasteiger partial charge in [0.15, 0.2) is 10.3 Å². The Balaban J connectivity index is 1.58. The third kappa shape index (κ3) is 3.70. The molecule has 0 fully saturated rings. The zero-order chi connectivity index (χ0) is 13.6. The molecule has 0 saturated heterocycles. The molecule has 0 unspecified atom stereocenters. The van der Waals surface area contributed by atoms with E-state index in [1.165, 1.54) is 11.1 Å². The second kappa shape index (κ2) is 7.04. The van der Waals surface area contributed by atoms with Crippen LogP contribution in [0.1, 0.15) is 11.1 Å². The Labute approximate surface area is 127 Å². The van der Waals surface area contributed by atoms with Crippen molar-refractivity contribution in [1.29, 1.82) is 0 Å². The van der Waals surface area contributed by atoms with Gasteiger partial charge in [-0.1, -0.05) is 47.8 Å². The van der Waals surface area contributed by atoms with Crippen molar-refractivity contribution in [2.75, 3.05) is 26.2 Å². The molecule has 2 heterocycles. The third-order valence-electron chi connectivity index (χ3n) is 3.13.